The largest absolute Gasteiger partial charge is 0.417 e. The minimum atomic E-state index is -4.57. The van der Waals surface area contributed by atoms with Crippen LogP contribution in [0, 0.1) is 22.7 Å². The Morgan fingerprint density at radius 2 is 2.00 bits per heavy atom. The van der Waals surface area contributed by atoms with Crippen molar-refractivity contribution in [2.24, 2.45) is 11.3 Å². The van der Waals surface area contributed by atoms with Gasteiger partial charge in [0.05, 0.1) is 23.1 Å². The Bertz CT molecular complexity index is 1080. The molecule has 180 valence electrons. The molecule has 5 nitrogen and oxygen atoms in total. The molecule has 1 atom stereocenters. The van der Waals surface area contributed by atoms with Gasteiger partial charge in [-0.05, 0) is 71.7 Å². The Balaban J connectivity index is 1.33. The number of amides is 1. The maximum Gasteiger partial charge on any atom is 0.417 e. The fourth-order valence-corrected chi connectivity index (χ4v) is 6.16. The van der Waals surface area contributed by atoms with E-state index in [4.69, 9.17) is 5.26 Å². The van der Waals surface area contributed by atoms with Crippen molar-refractivity contribution in [1.29, 1.82) is 5.26 Å². The number of thiophene rings is 1. The van der Waals surface area contributed by atoms with E-state index in [2.05, 4.69) is 27.0 Å². The number of nitrogens with one attached hydrogen (secondary N) is 1. The molecule has 1 N–H and O–H groups in total. The van der Waals surface area contributed by atoms with Crippen LogP contribution >= 0.6 is 11.3 Å². The average Bonchev–Trinajstić information content (AvgIpc) is 3.34. The number of anilines is 1. The maximum atomic E-state index is 13.5. The third-order valence-electron chi connectivity index (χ3n) is 7.50. The predicted octanol–water partition coefficient (Wildman–Crippen LogP) is 4.64. The second kappa shape index (κ2) is 8.90. The Morgan fingerprint density at radius 3 is 2.62 bits per heavy atom. The summed E-state index contributed by atoms with van der Waals surface area (Å²) in [5, 5.41) is 16.5. The first-order valence-electron chi connectivity index (χ1n) is 11.7. The van der Waals surface area contributed by atoms with Gasteiger partial charge in [0.25, 0.3) is 0 Å². The van der Waals surface area contributed by atoms with Crippen LogP contribution in [0.25, 0.3) is 0 Å². The van der Waals surface area contributed by atoms with Crippen LogP contribution in [0.3, 0.4) is 0 Å². The van der Waals surface area contributed by atoms with E-state index in [0.29, 0.717) is 31.4 Å². The van der Waals surface area contributed by atoms with E-state index in [-0.39, 0.29) is 22.8 Å². The second-order valence-electron chi connectivity index (χ2n) is 9.83. The second-order valence-corrected chi connectivity index (χ2v) is 10.6. The zero-order chi connectivity index (χ0) is 23.9. The summed E-state index contributed by atoms with van der Waals surface area (Å²) in [6.45, 7) is 3.52. The number of alkyl halides is 3. The number of carbonyl (C=O) groups is 1. The molecule has 1 aliphatic carbocycles. The third kappa shape index (κ3) is 4.66. The summed E-state index contributed by atoms with van der Waals surface area (Å²) in [7, 11) is 0. The number of nitriles is 1. The van der Waals surface area contributed by atoms with Gasteiger partial charge in [0.15, 0.2) is 0 Å². The summed E-state index contributed by atoms with van der Waals surface area (Å²) in [5.41, 5.74) is 0.301. The zero-order valence-corrected chi connectivity index (χ0v) is 19.6. The van der Waals surface area contributed by atoms with Gasteiger partial charge in [0.2, 0.25) is 5.91 Å². The van der Waals surface area contributed by atoms with E-state index >= 15 is 0 Å². The Labute approximate surface area is 201 Å². The van der Waals surface area contributed by atoms with Crippen LogP contribution in [0.4, 0.5) is 18.9 Å². The number of carbonyl (C=O) groups excluding carboxylic acids is 1. The molecule has 1 amide bonds. The van der Waals surface area contributed by atoms with Crippen molar-refractivity contribution in [3.8, 4) is 6.07 Å². The molecular formula is C25H27F3N4OS. The highest BCUT2D eigenvalue weighted by Crippen LogP contribution is 2.46. The lowest BCUT2D eigenvalue weighted by molar-refractivity contribution is -0.137. The van der Waals surface area contributed by atoms with E-state index in [0.717, 1.165) is 44.8 Å². The van der Waals surface area contributed by atoms with Crippen molar-refractivity contribution in [1.82, 2.24) is 10.2 Å². The van der Waals surface area contributed by atoms with Crippen molar-refractivity contribution < 1.29 is 18.0 Å². The van der Waals surface area contributed by atoms with Gasteiger partial charge in [0, 0.05) is 44.5 Å². The monoisotopic (exact) mass is 488 g/mol. The normalized spacial score (nSPS) is 22.6. The molecule has 9 heteroatoms. The average molecular weight is 489 g/mol. The standard InChI is InChI=1S/C25H27F3N4OS/c26-25(27,28)21-11-20(4-1-18(21)12-29)32-8-6-24(7-9-32)16-31(13-17-5-10-34-15-17)14-22(24)23(33)30-19-2-3-19/h1,4-5,10-11,15,19,22H,2-3,6-9,13-14,16H2,(H,30,33). The number of nitrogens with zero attached hydrogens (tertiary/aromatic N) is 3. The van der Waals surface area contributed by atoms with Crippen molar-refractivity contribution in [3.05, 3.63) is 51.7 Å². The van der Waals surface area contributed by atoms with E-state index in [1.807, 2.05) is 4.90 Å². The van der Waals surface area contributed by atoms with Crippen LogP contribution in [0.1, 0.15) is 42.4 Å². The van der Waals surface area contributed by atoms with Gasteiger partial charge in [-0.1, -0.05) is 0 Å². The van der Waals surface area contributed by atoms with E-state index in [1.54, 1.807) is 23.5 Å². The first-order chi connectivity index (χ1) is 16.3. The SMILES string of the molecule is N#Cc1ccc(N2CCC3(CC2)CN(Cc2ccsc2)CC3C(=O)NC2CC2)cc1C(F)(F)F. The van der Waals surface area contributed by atoms with Gasteiger partial charge in [-0.25, -0.2) is 0 Å². The van der Waals surface area contributed by atoms with Crippen LogP contribution in [0.15, 0.2) is 35.0 Å². The summed E-state index contributed by atoms with van der Waals surface area (Å²) >= 11 is 1.66. The molecule has 1 saturated carbocycles. The number of piperidine rings is 1. The summed E-state index contributed by atoms with van der Waals surface area (Å²) in [4.78, 5) is 17.5. The molecule has 5 rings (SSSR count). The predicted molar refractivity (Wildman–Crippen MR) is 124 cm³/mol. The van der Waals surface area contributed by atoms with E-state index in [9.17, 15) is 18.0 Å². The quantitative estimate of drug-likeness (QED) is 0.667. The van der Waals surface area contributed by atoms with Gasteiger partial charge < -0.3 is 10.2 Å². The van der Waals surface area contributed by atoms with Crippen molar-refractivity contribution in [2.75, 3.05) is 31.1 Å². The summed E-state index contributed by atoms with van der Waals surface area (Å²) in [5.74, 6) is 0.0158. The molecule has 3 fully saturated rings. The molecule has 2 aromatic rings. The third-order valence-corrected chi connectivity index (χ3v) is 8.23. The van der Waals surface area contributed by atoms with Crippen LogP contribution in [0.5, 0.6) is 0 Å². The zero-order valence-electron chi connectivity index (χ0n) is 18.8. The number of halogens is 3. The lowest BCUT2D eigenvalue weighted by Gasteiger charge is -2.43. The summed E-state index contributed by atoms with van der Waals surface area (Å²) < 4.78 is 40.4. The lowest BCUT2D eigenvalue weighted by Crippen LogP contribution is -2.48. The molecule has 3 aliphatic rings. The molecule has 3 heterocycles. The number of likely N-dealkylation sites (tertiary alicyclic amines) is 1. The molecule has 1 aromatic carbocycles. The number of hydrogen-bond donors (Lipinski definition) is 1. The number of rotatable bonds is 5. The van der Waals surface area contributed by atoms with Crippen molar-refractivity contribution in [2.45, 2.75) is 44.4 Å². The molecule has 1 unspecified atom stereocenters. The van der Waals surface area contributed by atoms with E-state index in [1.165, 1.54) is 11.6 Å². The summed E-state index contributed by atoms with van der Waals surface area (Å²) in [6.07, 6.45) is -0.998. The molecule has 0 bridgehead atoms. The Kier molecular flexibility index (Phi) is 6.07. The van der Waals surface area contributed by atoms with Gasteiger partial charge in [0.1, 0.15) is 0 Å². The van der Waals surface area contributed by atoms with Gasteiger partial charge in [-0.3, -0.25) is 9.69 Å². The van der Waals surface area contributed by atoms with E-state index < -0.39 is 11.7 Å². The molecule has 1 spiro atoms. The number of benzene rings is 1. The smallest absolute Gasteiger partial charge is 0.371 e. The van der Waals surface area contributed by atoms with Crippen LogP contribution in [0.2, 0.25) is 0 Å². The Morgan fingerprint density at radius 1 is 1.24 bits per heavy atom. The fraction of sp³-hybridized carbons (Fsp3) is 0.520. The maximum absolute atomic E-state index is 13.5. The number of hydrogen-bond acceptors (Lipinski definition) is 5. The first kappa shape index (κ1) is 23.2. The Hall–Kier alpha value is -2.57. The van der Waals surface area contributed by atoms with Crippen LogP contribution in [-0.4, -0.2) is 43.0 Å². The van der Waals surface area contributed by atoms with Crippen LogP contribution in [-0.2, 0) is 17.5 Å². The van der Waals surface area contributed by atoms with Gasteiger partial charge in [-0.2, -0.15) is 29.8 Å². The first-order valence-corrected chi connectivity index (χ1v) is 12.6. The fourth-order valence-electron chi connectivity index (χ4n) is 5.50. The molecule has 2 aliphatic heterocycles. The highest BCUT2D eigenvalue weighted by Gasteiger charge is 2.51. The highest BCUT2D eigenvalue weighted by molar-refractivity contribution is 7.07. The lowest BCUT2D eigenvalue weighted by atomic mass is 9.70. The van der Waals surface area contributed by atoms with Crippen LogP contribution < -0.4 is 10.2 Å². The highest BCUT2D eigenvalue weighted by atomic mass is 32.1. The molecule has 34 heavy (non-hydrogen) atoms. The molecule has 1 aromatic heterocycles. The van der Waals surface area contributed by atoms with Crippen molar-refractivity contribution in [3.63, 3.8) is 0 Å². The summed E-state index contributed by atoms with van der Waals surface area (Å²) in [6, 6.07) is 8.00. The molecule has 2 saturated heterocycles. The molecular weight excluding hydrogens is 461 g/mol. The van der Waals surface area contributed by atoms with Gasteiger partial charge in [-0.15, -0.1) is 0 Å². The molecule has 0 radical (unpaired) electrons. The van der Waals surface area contributed by atoms with Crippen molar-refractivity contribution >= 4 is 22.9 Å². The minimum Gasteiger partial charge on any atom is -0.371 e. The van der Waals surface area contributed by atoms with Gasteiger partial charge >= 0.3 is 6.18 Å². The topological polar surface area (TPSA) is 59.4 Å². The minimum absolute atomic E-state index is 0.111.